The fourth-order valence-electron chi connectivity index (χ4n) is 2.14. The van der Waals surface area contributed by atoms with E-state index in [-0.39, 0.29) is 26.8 Å². The van der Waals surface area contributed by atoms with Crippen LogP contribution in [-0.4, -0.2) is 24.5 Å². The van der Waals surface area contributed by atoms with Crippen molar-refractivity contribution in [2.45, 2.75) is 4.90 Å². The first-order chi connectivity index (χ1) is 12.8. The molecule has 9 nitrogen and oxygen atoms in total. The second-order valence-corrected chi connectivity index (χ2v) is 7.74. The molecule has 1 aliphatic rings. The number of amides is 2. The number of carbonyl (C=O) groups excluding carboxylic acids is 2. The first-order valence-corrected chi connectivity index (χ1v) is 9.51. The first-order valence-electron chi connectivity index (χ1n) is 7.29. The Kier molecular flexibility index (Phi) is 4.97. The molecule has 0 unspecified atom stereocenters. The molecule has 0 bridgehead atoms. The molecular formula is C16H10N2O7S2. The van der Waals surface area contributed by atoms with Gasteiger partial charge in [0.25, 0.3) is 16.8 Å². The van der Waals surface area contributed by atoms with Crippen LogP contribution in [0, 0.1) is 10.1 Å². The molecule has 0 aliphatic carbocycles. The van der Waals surface area contributed by atoms with Crippen LogP contribution >= 0.6 is 11.8 Å². The summed E-state index contributed by atoms with van der Waals surface area (Å²) in [6.07, 6.45) is 1.34. The minimum atomic E-state index is -4.26. The van der Waals surface area contributed by atoms with Gasteiger partial charge in [-0.1, -0.05) is 18.2 Å². The SMILES string of the molecule is O=C1NC(=O)/C(=C/c2ccccc2OS(=O)(=O)c2ccc([N+](=O)[O-])cc2)S1. The summed E-state index contributed by atoms with van der Waals surface area (Å²) in [5, 5.41) is 12.2. The van der Waals surface area contributed by atoms with Gasteiger partial charge in [0, 0.05) is 17.7 Å². The average Bonchev–Trinajstić information content (AvgIpc) is 2.93. The highest BCUT2D eigenvalue weighted by Crippen LogP contribution is 2.30. The third-order valence-electron chi connectivity index (χ3n) is 3.38. The Balaban J connectivity index is 1.91. The number of rotatable bonds is 5. The van der Waals surface area contributed by atoms with Crippen molar-refractivity contribution in [1.82, 2.24) is 5.32 Å². The molecule has 0 atom stereocenters. The number of para-hydroxylation sites is 1. The Morgan fingerprint density at radius 2 is 1.74 bits per heavy atom. The number of hydrogen-bond acceptors (Lipinski definition) is 8. The van der Waals surface area contributed by atoms with E-state index < -0.39 is 26.2 Å². The lowest BCUT2D eigenvalue weighted by molar-refractivity contribution is -0.384. The zero-order valence-corrected chi connectivity index (χ0v) is 15.0. The fraction of sp³-hybridized carbons (Fsp3) is 0. The third-order valence-corrected chi connectivity index (χ3v) is 5.44. The topological polar surface area (TPSA) is 133 Å². The summed E-state index contributed by atoms with van der Waals surface area (Å²) in [4.78, 5) is 32.8. The van der Waals surface area contributed by atoms with E-state index in [0.717, 1.165) is 24.3 Å². The van der Waals surface area contributed by atoms with Gasteiger partial charge in [0.05, 0.1) is 9.83 Å². The van der Waals surface area contributed by atoms with Crippen LogP contribution in [0.15, 0.2) is 58.3 Å². The number of nitro groups is 1. The van der Waals surface area contributed by atoms with Gasteiger partial charge < -0.3 is 4.18 Å². The van der Waals surface area contributed by atoms with E-state index in [1.54, 1.807) is 6.07 Å². The van der Waals surface area contributed by atoms with E-state index in [9.17, 15) is 28.1 Å². The van der Waals surface area contributed by atoms with Crippen LogP contribution in [0.4, 0.5) is 10.5 Å². The van der Waals surface area contributed by atoms with E-state index in [2.05, 4.69) is 5.32 Å². The van der Waals surface area contributed by atoms with Gasteiger partial charge in [-0.15, -0.1) is 0 Å². The van der Waals surface area contributed by atoms with Crippen LogP contribution in [0.5, 0.6) is 5.75 Å². The summed E-state index contributed by atoms with van der Waals surface area (Å²) >= 11 is 0.689. The van der Waals surface area contributed by atoms with Crippen molar-refractivity contribution in [3.8, 4) is 5.75 Å². The van der Waals surface area contributed by atoms with Crippen molar-refractivity contribution in [3.05, 3.63) is 69.1 Å². The number of thioether (sulfide) groups is 1. The summed E-state index contributed by atoms with van der Waals surface area (Å²) in [6, 6.07) is 10.3. The molecule has 1 heterocycles. The van der Waals surface area contributed by atoms with Crippen LogP contribution in [0.2, 0.25) is 0 Å². The molecule has 0 aromatic heterocycles. The lowest BCUT2D eigenvalue weighted by Gasteiger charge is -2.09. The largest absolute Gasteiger partial charge is 0.378 e. The maximum atomic E-state index is 12.4. The predicted molar refractivity (Wildman–Crippen MR) is 96.5 cm³/mol. The highest BCUT2D eigenvalue weighted by Gasteiger charge is 2.26. The lowest BCUT2D eigenvalue weighted by atomic mass is 10.2. The molecule has 1 saturated heterocycles. The van der Waals surface area contributed by atoms with Crippen LogP contribution in [0.25, 0.3) is 6.08 Å². The second-order valence-electron chi connectivity index (χ2n) is 5.18. The van der Waals surface area contributed by atoms with E-state index >= 15 is 0 Å². The summed E-state index contributed by atoms with van der Waals surface area (Å²) in [5.41, 5.74) is 0.0170. The maximum absolute atomic E-state index is 12.4. The molecule has 1 N–H and O–H groups in total. The van der Waals surface area contributed by atoms with Crippen molar-refractivity contribution >= 4 is 44.8 Å². The molecule has 3 rings (SSSR count). The number of carbonyl (C=O) groups is 2. The molecule has 2 amide bonds. The van der Waals surface area contributed by atoms with Gasteiger partial charge in [-0.05, 0) is 36.0 Å². The maximum Gasteiger partial charge on any atom is 0.339 e. The molecule has 1 aliphatic heterocycles. The number of non-ortho nitro benzene ring substituents is 1. The molecule has 138 valence electrons. The minimum absolute atomic E-state index is 0.0592. The molecule has 0 radical (unpaired) electrons. The number of nitrogens with zero attached hydrogens (tertiary/aromatic N) is 1. The highest BCUT2D eigenvalue weighted by molar-refractivity contribution is 8.18. The molecule has 0 spiro atoms. The zero-order chi connectivity index (χ0) is 19.6. The summed E-state index contributed by atoms with van der Waals surface area (Å²) in [6.45, 7) is 0. The number of hydrogen-bond donors (Lipinski definition) is 1. The van der Waals surface area contributed by atoms with Crippen LogP contribution in [0.1, 0.15) is 5.56 Å². The molecule has 2 aromatic rings. The average molecular weight is 406 g/mol. The van der Waals surface area contributed by atoms with Crippen molar-refractivity contribution in [3.63, 3.8) is 0 Å². The Bertz CT molecular complexity index is 1080. The predicted octanol–water partition coefficient (Wildman–Crippen LogP) is 2.69. The van der Waals surface area contributed by atoms with Gasteiger partial charge in [-0.25, -0.2) is 0 Å². The Hall–Kier alpha value is -3.18. The summed E-state index contributed by atoms with van der Waals surface area (Å²) < 4.78 is 30.0. The van der Waals surface area contributed by atoms with Crippen LogP contribution < -0.4 is 9.50 Å². The normalized spacial score (nSPS) is 15.6. The number of imide groups is 1. The molecule has 11 heteroatoms. The molecule has 1 fully saturated rings. The van der Waals surface area contributed by atoms with Crippen LogP contribution in [0.3, 0.4) is 0 Å². The van der Waals surface area contributed by atoms with E-state index in [4.69, 9.17) is 4.18 Å². The Morgan fingerprint density at radius 3 is 2.33 bits per heavy atom. The lowest BCUT2D eigenvalue weighted by Crippen LogP contribution is -2.17. The summed E-state index contributed by atoms with van der Waals surface area (Å²) in [7, 11) is -4.26. The van der Waals surface area contributed by atoms with Crippen molar-refractivity contribution < 1.29 is 27.1 Å². The smallest absolute Gasteiger partial charge is 0.339 e. The van der Waals surface area contributed by atoms with Crippen molar-refractivity contribution in [1.29, 1.82) is 0 Å². The van der Waals surface area contributed by atoms with Crippen molar-refractivity contribution in [2.75, 3.05) is 0 Å². The molecule has 2 aromatic carbocycles. The van der Waals surface area contributed by atoms with Gasteiger partial charge in [0.1, 0.15) is 10.6 Å². The summed E-state index contributed by atoms with van der Waals surface area (Å²) in [5.74, 6) is -0.644. The van der Waals surface area contributed by atoms with Gasteiger partial charge in [0.15, 0.2) is 0 Å². The van der Waals surface area contributed by atoms with E-state index in [1.807, 2.05) is 0 Å². The van der Waals surface area contributed by atoms with E-state index in [0.29, 0.717) is 11.8 Å². The van der Waals surface area contributed by atoms with E-state index in [1.165, 1.54) is 24.3 Å². The highest BCUT2D eigenvalue weighted by atomic mass is 32.2. The Morgan fingerprint density at radius 1 is 1.07 bits per heavy atom. The molecule has 27 heavy (non-hydrogen) atoms. The quantitative estimate of drug-likeness (QED) is 0.347. The molecular weight excluding hydrogens is 396 g/mol. The van der Waals surface area contributed by atoms with Gasteiger partial charge in [0.2, 0.25) is 0 Å². The molecule has 0 saturated carbocycles. The third kappa shape index (κ3) is 4.15. The zero-order valence-electron chi connectivity index (χ0n) is 13.3. The van der Waals surface area contributed by atoms with Crippen LogP contribution in [-0.2, 0) is 14.9 Å². The minimum Gasteiger partial charge on any atom is -0.378 e. The van der Waals surface area contributed by atoms with Crippen molar-refractivity contribution in [2.24, 2.45) is 0 Å². The van der Waals surface area contributed by atoms with Gasteiger partial charge in [-0.3, -0.25) is 25.0 Å². The standard InChI is InChI=1S/C16H10N2O7S2/c19-15-14(26-16(20)17-15)9-10-3-1-2-4-13(10)25-27(23,24)12-7-5-11(6-8-12)18(21)22/h1-9H,(H,17,19,20)/b14-9-. The Labute approximate surface area is 157 Å². The van der Waals surface area contributed by atoms with Gasteiger partial charge >= 0.3 is 10.1 Å². The fourth-order valence-corrected chi connectivity index (χ4v) is 3.77. The number of nitro benzene ring substituents is 1. The number of nitrogens with one attached hydrogen (secondary N) is 1. The first kappa shape index (κ1) is 18.6. The second kappa shape index (κ2) is 7.21. The monoisotopic (exact) mass is 406 g/mol. The van der Waals surface area contributed by atoms with Gasteiger partial charge in [-0.2, -0.15) is 8.42 Å². The number of benzene rings is 2.